The van der Waals surface area contributed by atoms with Crippen LogP contribution in [0.1, 0.15) is 0 Å². The predicted octanol–water partition coefficient (Wildman–Crippen LogP) is 0.241. The maximum atomic E-state index is 5.14. The van der Waals surface area contributed by atoms with Crippen molar-refractivity contribution in [3.05, 3.63) is 6.33 Å². The number of nitrogens with zero attached hydrogens (tertiary/aromatic N) is 3. The van der Waals surface area contributed by atoms with Crippen LogP contribution in [0.5, 0.6) is 0 Å². The lowest BCUT2D eigenvalue weighted by atomic mass is 11.1. The first kappa shape index (κ1) is 11.3. The first-order chi connectivity index (χ1) is 3.29. The molecule has 1 aromatic rings. The maximum absolute atomic E-state index is 5.14. The molecule has 0 aliphatic rings. The van der Waals surface area contributed by atoms with Gasteiger partial charge in [0.1, 0.15) is 6.33 Å². The van der Waals surface area contributed by atoms with E-state index in [1.54, 1.807) is 18.1 Å². The molecule has 1 heterocycles. The Labute approximate surface area is 65.3 Å². The third kappa shape index (κ3) is 3.16. The molecule has 0 aliphatic heterocycles. The van der Waals surface area contributed by atoms with Crippen LogP contribution in [-0.4, -0.2) is 14.8 Å². The number of halogens is 2. The molecule has 6 heteroatoms. The van der Waals surface area contributed by atoms with E-state index in [0.717, 1.165) is 0 Å². The maximum Gasteiger partial charge on any atom is 0.239 e. The standard InChI is InChI=1S/C3H6N4.2ClH/c1-7-2-5-3(4)6-7;;/h2H,1H3,(H2,4,6);2*1H. The van der Waals surface area contributed by atoms with Gasteiger partial charge in [-0.15, -0.1) is 29.9 Å². The molecule has 0 atom stereocenters. The second-order valence-electron chi connectivity index (χ2n) is 1.28. The summed E-state index contributed by atoms with van der Waals surface area (Å²) >= 11 is 0. The second kappa shape index (κ2) is 4.40. The summed E-state index contributed by atoms with van der Waals surface area (Å²) in [5, 5.41) is 3.69. The summed E-state index contributed by atoms with van der Waals surface area (Å²) in [6.45, 7) is 0. The zero-order valence-electron chi connectivity index (χ0n) is 4.81. The molecule has 0 radical (unpaired) electrons. The van der Waals surface area contributed by atoms with Crippen molar-refractivity contribution in [2.75, 3.05) is 5.73 Å². The minimum atomic E-state index is 0. The first-order valence-electron chi connectivity index (χ1n) is 1.90. The molecule has 0 bridgehead atoms. The summed E-state index contributed by atoms with van der Waals surface area (Å²) in [5.74, 6) is 0.322. The van der Waals surface area contributed by atoms with E-state index < -0.39 is 0 Å². The summed E-state index contributed by atoms with van der Waals surface area (Å²) in [6.07, 6.45) is 1.55. The monoisotopic (exact) mass is 170 g/mol. The van der Waals surface area contributed by atoms with E-state index in [9.17, 15) is 0 Å². The van der Waals surface area contributed by atoms with Crippen LogP contribution in [0.25, 0.3) is 0 Å². The number of nitrogen functional groups attached to an aromatic ring is 1. The molecule has 0 aliphatic carbocycles. The van der Waals surface area contributed by atoms with Gasteiger partial charge in [-0.3, -0.25) is 4.68 Å². The quantitative estimate of drug-likeness (QED) is 0.608. The third-order valence-corrected chi connectivity index (χ3v) is 0.617. The number of nitrogens with two attached hydrogens (primary N) is 1. The summed E-state index contributed by atoms with van der Waals surface area (Å²) in [5.41, 5.74) is 5.14. The molecule has 2 N–H and O–H groups in total. The van der Waals surface area contributed by atoms with Crippen molar-refractivity contribution in [3.8, 4) is 0 Å². The van der Waals surface area contributed by atoms with Gasteiger partial charge in [-0.25, -0.2) is 4.98 Å². The van der Waals surface area contributed by atoms with Crippen LogP contribution in [0.15, 0.2) is 6.33 Å². The predicted molar refractivity (Wildman–Crippen MR) is 39.9 cm³/mol. The Morgan fingerprint density at radius 3 is 2.22 bits per heavy atom. The zero-order valence-corrected chi connectivity index (χ0v) is 6.45. The molecule has 9 heavy (non-hydrogen) atoms. The van der Waals surface area contributed by atoms with Gasteiger partial charge in [0, 0.05) is 7.05 Å². The number of aryl methyl sites for hydroxylation is 1. The van der Waals surface area contributed by atoms with Crippen LogP contribution in [0.3, 0.4) is 0 Å². The van der Waals surface area contributed by atoms with Gasteiger partial charge < -0.3 is 5.73 Å². The van der Waals surface area contributed by atoms with Crippen molar-refractivity contribution in [1.82, 2.24) is 14.8 Å². The fourth-order valence-electron chi connectivity index (χ4n) is 0.356. The lowest BCUT2D eigenvalue weighted by Crippen LogP contribution is -1.90. The molecule has 0 fully saturated rings. The smallest absolute Gasteiger partial charge is 0.239 e. The Bertz CT molecular complexity index is 146. The van der Waals surface area contributed by atoms with E-state index in [1.165, 1.54) is 0 Å². The van der Waals surface area contributed by atoms with Crippen LogP contribution in [-0.2, 0) is 7.05 Å². The van der Waals surface area contributed by atoms with E-state index in [-0.39, 0.29) is 24.8 Å². The van der Waals surface area contributed by atoms with Gasteiger partial charge in [-0.2, -0.15) is 0 Å². The van der Waals surface area contributed by atoms with Crippen molar-refractivity contribution in [3.63, 3.8) is 0 Å². The second-order valence-corrected chi connectivity index (χ2v) is 1.28. The minimum absolute atomic E-state index is 0. The summed E-state index contributed by atoms with van der Waals surface area (Å²) < 4.78 is 1.55. The molecule has 1 aromatic heterocycles. The summed E-state index contributed by atoms with van der Waals surface area (Å²) in [4.78, 5) is 3.65. The zero-order chi connectivity index (χ0) is 5.28. The number of hydrogen-bond acceptors (Lipinski definition) is 3. The molecular weight excluding hydrogens is 163 g/mol. The number of anilines is 1. The van der Waals surface area contributed by atoms with Crippen LogP contribution in [0, 0.1) is 0 Å². The van der Waals surface area contributed by atoms with Crippen LogP contribution >= 0.6 is 24.8 Å². The first-order valence-corrected chi connectivity index (χ1v) is 1.90. The Morgan fingerprint density at radius 2 is 2.11 bits per heavy atom. The van der Waals surface area contributed by atoms with E-state index in [1.807, 2.05) is 0 Å². The topological polar surface area (TPSA) is 56.7 Å². The van der Waals surface area contributed by atoms with Gasteiger partial charge in [0.05, 0.1) is 0 Å². The van der Waals surface area contributed by atoms with E-state index in [2.05, 4.69) is 10.1 Å². The molecule has 0 aromatic carbocycles. The molecule has 1 rings (SSSR count). The lowest BCUT2D eigenvalue weighted by molar-refractivity contribution is 0.769. The molecular formula is C3H8Cl2N4. The highest BCUT2D eigenvalue weighted by molar-refractivity contribution is 5.85. The number of rotatable bonds is 0. The van der Waals surface area contributed by atoms with Crippen LogP contribution < -0.4 is 5.73 Å². The van der Waals surface area contributed by atoms with Crippen molar-refractivity contribution in [2.45, 2.75) is 0 Å². The molecule has 0 spiro atoms. The van der Waals surface area contributed by atoms with Crippen molar-refractivity contribution in [1.29, 1.82) is 0 Å². The van der Waals surface area contributed by atoms with Crippen LogP contribution in [0.4, 0.5) is 5.95 Å². The van der Waals surface area contributed by atoms with Gasteiger partial charge in [0.25, 0.3) is 0 Å². The highest BCUT2D eigenvalue weighted by Gasteiger charge is 1.84. The Balaban J connectivity index is 0. The highest BCUT2D eigenvalue weighted by Crippen LogP contribution is 1.82. The van der Waals surface area contributed by atoms with Crippen molar-refractivity contribution < 1.29 is 0 Å². The van der Waals surface area contributed by atoms with Crippen molar-refractivity contribution in [2.24, 2.45) is 7.05 Å². The van der Waals surface area contributed by atoms with Crippen LogP contribution in [0.2, 0.25) is 0 Å². The van der Waals surface area contributed by atoms with E-state index >= 15 is 0 Å². The highest BCUT2D eigenvalue weighted by atomic mass is 35.5. The largest absolute Gasteiger partial charge is 0.367 e. The Kier molecular flexibility index (Phi) is 5.55. The molecule has 0 unspecified atom stereocenters. The molecule has 54 valence electrons. The van der Waals surface area contributed by atoms with E-state index in [4.69, 9.17) is 5.73 Å². The Hall–Kier alpha value is -0.480. The number of hydrogen-bond donors (Lipinski definition) is 1. The average molecular weight is 171 g/mol. The fourth-order valence-corrected chi connectivity index (χ4v) is 0.356. The van der Waals surface area contributed by atoms with Gasteiger partial charge in [-0.1, -0.05) is 0 Å². The third-order valence-electron chi connectivity index (χ3n) is 0.617. The van der Waals surface area contributed by atoms with Gasteiger partial charge in [0.15, 0.2) is 0 Å². The normalized spacial score (nSPS) is 7.22. The number of aromatic nitrogens is 3. The molecule has 0 saturated heterocycles. The van der Waals surface area contributed by atoms with E-state index in [0.29, 0.717) is 5.95 Å². The molecule has 0 amide bonds. The molecule has 4 nitrogen and oxygen atoms in total. The van der Waals surface area contributed by atoms with Crippen molar-refractivity contribution >= 4 is 30.8 Å². The minimum Gasteiger partial charge on any atom is -0.367 e. The summed E-state index contributed by atoms with van der Waals surface area (Å²) in [7, 11) is 1.77. The SMILES string of the molecule is Cl.Cl.Cn1cnc(N)n1. The summed E-state index contributed by atoms with van der Waals surface area (Å²) in [6, 6.07) is 0. The lowest BCUT2D eigenvalue weighted by Gasteiger charge is -1.76. The Morgan fingerprint density at radius 1 is 1.56 bits per heavy atom. The van der Waals surface area contributed by atoms with Gasteiger partial charge in [-0.05, 0) is 0 Å². The van der Waals surface area contributed by atoms with Gasteiger partial charge >= 0.3 is 0 Å². The fraction of sp³-hybridized carbons (Fsp3) is 0.333. The van der Waals surface area contributed by atoms with Gasteiger partial charge in [0.2, 0.25) is 5.95 Å². The average Bonchev–Trinajstić information content (AvgIpc) is 1.87. The molecule has 0 saturated carbocycles.